The molecule has 6 heteroatoms. The molecule has 2 rings (SSSR count). The maximum Gasteiger partial charge on any atom is 0.118 e. The monoisotopic (exact) mass is 312 g/mol. The van der Waals surface area contributed by atoms with Crippen LogP contribution in [0.25, 0.3) is 0 Å². The molecule has 0 fully saturated rings. The smallest absolute Gasteiger partial charge is 0.118 e. The molecule has 102 valence electrons. The van der Waals surface area contributed by atoms with E-state index in [2.05, 4.69) is 22.4 Å². The molecular weight excluding hydrogens is 296 g/mol. The van der Waals surface area contributed by atoms with E-state index in [4.69, 9.17) is 4.74 Å². The summed E-state index contributed by atoms with van der Waals surface area (Å²) in [5, 5.41) is 3.16. The van der Waals surface area contributed by atoms with Crippen LogP contribution in [0.15, 0.2) is 41.2 Å². The summed E-state index contributed by atoms with van der Waals surface area (Å²) in [5.74, 6) is 2.84. The zero-order valence-corrected chi connectivity index (χ0v) is 13.1. The first-order valence-electron chi connectivity index (χ1n) is 5.87. The van der Waals surface area contributed by atoms with Gasteiger partial charge in [-0.1, -0.05) is 33.7 Å². The van der Waals surface area contributed by atoms with Gasteiger partial charge >= 0.3 is 0 Å². The lowest BCUT2D eigenvalue weighted by atomic mass is 10.2. The van der Waals surface area contributed by atoms with E-state index in [1.807, 2.05) is 56.0 Å². The van der Waals surface area contributed by atoms with E-state index in [-0.39, 0.29) is 0 Å². The highest BCUT2D eigenvalue weighted by Crippen LogP contribution is 2.38. The van der Waals surface area contributed by atoms with Crippen LogP contribution in [0, 0.1) is 0 Å². The summed E-state index contributed by atoms with van der Waals surface area (Å²) in [7, 11) is 7.17. The van der Waals surface area contributed by atoms with E-state index in [1.165, 1.54) is 5.56 Å². The average Bonchev–Trinajstić information content (AvgIpc) is 2.49. The van der Waals surface area contributed by atoms with Gasteiger partial charge in [0.15, 0.2) is 0 Å². The normalized spacial score (nSPS) is 13.8. The second kappa shape index (κ2) is 8.45. The maximum atomic E-state index is 5.14. The van der Waals surface area contributed by atoms with Crippen LogP contribution in [0.1, 0.15) is 5.56 Å². The van der Waals surface area contributed by atoms with Crippen LogP contribution < -0.4 is 10.1 Å². The Bertz CT molecular complexity index is 446. The number of ether oxygens (including phenoxy) is 1. The van der Waals surface area contributed by atoms with Crippen LogP contribution in [0.4, 0.5) is 0 Å². The molecule has 0 radical (unpaired) electrons. The standard InChI is InChI=1S/C13H16N2OS3/c1-16-13-4-2-11(3-5-13)9-17-19-18-10-12-8-14-6-7-15-12/h2-5,7-8,14H,6,9-10H2,1H3. The zero-order valence-electron chi connectivity index (χ0n) is 10.7. The summed E-state index contributed by atoms with van der Waals surface area (Å²) >= 11 is 0. The Balaban J connectivity index is 1.61. The summed E-state index contributed by atoms with van der Waals surface area (Å²) in [6, 6.07) is 8.21. The van der Waals surface area contributed by atoms with Crippen molar-refractivity contribution >= 4 is 37.6 Å². The minimum atomic E-state index is 0.841. The number of nitrogens with zero attached hydrogens (tertiary/aromatic N) is 1. The molecule has 0 amide bonds. The summed E-state index contributed by atoms with van der Waals surface area (Å²) in [4.78, 5) is 4.32. The molecule has 0 aliphatic carbocycles. The molecule has 0 saturated heterocycles. The van der Waals surface area contributed by atoms with E-state index in [9.17, 15) is 0 Å². The van der Waals surface area contributed by atoms with E-state index in [0.29, 0.717) is 0 Å². The number of rotatable bonds is 7. The Morgan fingerprint density at radius 1 is 1.21 bits per heavy atom. The van der Waals surface area contributed by atoms with Crippen LogP contribution in [-0.2, 0) is 5.75 Å². The lowest BCUT2D eigenvalue weighted by Gasteiger charge is -2.07. The third kappa shape index (κ3) is 5.42. The number of nitrogens with one attached hydrogen (secondary N) is 1. The third-order valence-corrected chi connectivity index (χ3v) is 6.50. The van der Waals surface area contributed by atoms with E-state index < -0.39 is 0 Å². The molecule has 0 unspecified atom stereocenters. The van der Waals surface area contributed by atoms with Crippen LogP contribution in [0.2, 0.25) is 0 Å². The molecule has 0 spiro atoms. The third-order valence-electron chi connectivity index (χ3n) is 2.42. The van der Waals surface area contributed by atoms with Gasteiger partial charge in [0.25, 0.3) is 0 Å². The molecule has 1 N–H and O–H groups in total. The van der Waals surface area contributed by atoms with Gasteiger partial charge in [-0.3, -0.25) is 4.99 Å². The largest absolute Gasteiger partial charge is 0.497 e. The summed E-state index contributed by atoms with van der Waals surface area (Å²) in [6.45, 7) is 0.841. The molecule has 0 atom stereocenters. The Hall–Kier alpha value is -0.720. The van der Waals surface area contributed by atoms with Crippen molar-refractivity contribution < 1.29 is 4.74 Å². The molecule has 19 heavy (non-hydrogen) atoms. The van der Waals surface area contributed by atoms with Crippen molar-refractivity contribution in [2.24, 2.45) is 4.99 Å². The minimum absolute atomic E-state index is 0.841. The number of hydrogen-bond donors (Lipinski definition) is 1. The Kier molecular flexibility index (Phi) is 6.53. The van der Waals surface area contributed by atoms with Gasteiger partial charge in [0.2, 0.25) is 0 Å². The SMILES string of the molecule is COc1ccc(CSSSCC2=CNCC=N2)cc1. The fourth-order valence-corrected chi connectivity index (χ4v) is 4.95. The van der Waals surface area contributed by atoms with E-state index in [1.54, 1.807) is 7.11 Å². The lowest BCUT2D eigenvalue weighted by Crippen LogP contribution is -2.13. The second-order valence-corrected chi connectivity index (χ2v) is 8.03. The van der Waals surface area contributed by atoms with Gasteiger partial charge < -0.3 is 10.1 Å². The lowest BCUT2D eigenvalue weighted by molar-refractivity contribution is 0.414. The Morgan fingerprint density at radius 3 is 2.68 bits per heavy atom. The minimum Gasteiger partial charge on any atom is -0.497 e. The van der Waals surface area contributed by atoms with Gasteiger partial charge in [-0.25, -0.2) is 0 Å². The first-order valence-corrected chi connectivity index (χ1v) is 9.69. The van der Waals surface area contributed by atoms with Gasteiger partial charge in [0.05, 0.1) is 12.8 Å². The van der Waals surface area contributed by atoms with Crippen molar-refractivity contribution in [1.82, 2.24) is 5.32 Å². The summed E-state index contributed by atoms with van der Waals surface area (Å²) in [5.41, 5.74) is 2.42. The van der Waals surface area contributed by atoms with Gasteiger partial charge in [0.1, 0.15) is 5.75 Å². The topological polar surface area (TPSA) is 33.6 Å². The van der Waals surface area contributed by atoms with Crippen molar-refractivity contribution in [2.75, 3.05) is 19.4 Å². The zero-order chi connectivity index (χ0) is 13.3. The molecule has 1 aromatic rings. The molecule has 1 aliphatic heterocycles. The predicted octanol–water partition coefficient (Wildman–Crippen LogP) is 3.74. The highest BCUT2D eigenvalue weighted by molar-refractivity contribution is 9.09. The first kappa shape index (κ1) is 14.7. The highest BCUT2D eigenvalue weighted by Gasteiger charge is 2.00. The Morgan fingerprint density at radius 2 is 2.00 bits per heavy atom. The molecule has 0 saturated carbocycles. The fraction of sp³-hybridized carbons (Fsp3) is 0.308. The fourth-order valence-electron chi connectivity index (χ4n) is 1.44. The number of hydrogen-bond acceptors (Lipinski definition) is 6. The molecule has 1 heterocycles. The van der Waals surface area contributed by atoms with Gasteiger partial charge in [-0.15, -0.1) is 0 Å². The van der Waals surface area contributed by atoms with Crippen LogP contribution in [-0.4, -0.2) is 25.6 Å². The van der Waals surface area contributed by atoms with Crippen LogP contribution in [0.5, 0.6) is 5.75 Å². The molecular formula is C13H16N2OS3. The predicted molar refractivity (Wildman–Crippen MR) is 88.9 cm³/mol. The quantitative estimate of drug-likeness (QED) is 0.613. The Labute approximate surface area is 125 Å². The number of methoxy groups -OCH3 is 1. The van der Waals surface area contributed by atoms with Crippen molar-refractivity contribution in [1.29, 1.82) is 0 Å². The van der Waals surface area contributed by atoms with Gasteiger partial charge in [0, 0.05) is 30.5 Å². The molecule has 0 aromatic heterocycles. The van der Waals surface area contributed by atoms with E-state index in [0.717, 1.165) is 29.5 Å². The average molecular weight is 312 g/mol. The van der Waals surface area contributed by atoms with Gasteiger partial charge in [-0.05, 0) is 27.5 Å². The van der Waals surface area contributed by atoms with E-state index >= 15 is 0 Å². The van der Waals surface area contributed by atoms with Crippen molar-refractivity contribution in [3.05, 3.63) is 41.7 Å². The highest BCUT2D eigenvalue weighted by atomic mass is 33.5. The molecule has 1 aromatic carbocycles. The summed E-state index contributed by atoms with van der Waals surface area (Å²) in [6.07, 6.45) is 3.90. The van der Waals surface area contributed by atoms with Crippen molar-refractivity contribution in [2.45, 2.75) is 5.75 Å². The molecule has 0 bridgehead atoms. The van der Waals surface area contributed by atoms with Crippen LogP contribution >= 0.6 is 31.4 Å². The first-order chi connectivity index (χ1) is 9.38. The van der Waals surface area contributed by atoms with Crippen molar-refractivity contribution in [3.63, 3.8) is 0 Å². The number of benzene rings is 1. The number of aliphatic imine (C=N–C) groups is 1. The van der Waals surface area contributed by atoms with Crippen LogP contribution in [0.3, 0.4) is 0 Å². The molecule has 1 aliphatic rings. The van der Waals surface area contributed by atoms with Gasteiger partial charge in [-0.2, -0.15) is 0 Å². The maximum absolute atomic E-state index is 5.14. The summed E-state index contributed by atoms with van der Waals surface area (Å²) < 4.78 is 5.14. The second-order valence-electron chi connectivity index (χ2n) is 3.80. The van der Waals surface area contributed by atoms with Crippen molar-refractivity contribution in [3.8, 4) is 5.75 Å². The molecule has 3 nitrogen and oxygen atoms in total.